The summed E-state index contributed by atoms with van der Waals surface area (Å²) in [6.45, 7) is 8.64. The van der Waals surface area contributed by atoms with Crippen molar-refractivity contribution in [3.63, 3.8) is 0 Å². The number of fused-ring (bicyclic) bond motifs is 2. The maximum absolute atomic E-state index is 13.6. The molecule has 36 heavy (non-hydrogen) atoms. The number of nitrogens with zero attached hydrogens (tertiary/aromatic N) is 4. The van der Waals surface area contributed by atoms with Crippen LogP contribution in [-0.2, 0) is 0 Å². The Morgan fingerprint density at radius 2 is 2.06 bits per heavy atom. The molecule has 5 rings (SSSR count). The molecule has 2 aromatic carbocycles. The number of piperidine rings is 1. The first-order valence-corrected chi connectivity index (χ1v) is 13.1. The number of rotatable bonds is 9. The third kappa shape index (κ3) is 5.36. The van der Waals surface area contributed by atoms with Gasteiger partial charge in [0.2, 0.25) is 0 Å². The van der Waals surface area contributed by atoms with E-state index in [0.717, 1.165) is 37.4 Å². The summed E-state index contributed by atoms with van der Waals surface area (Å²) < 4.78 is 25.3. The Kier molecular flexibility index (Phi) is 7.74. The van der Waals surface area contributed by atoms with Gasteiger partial charge in [0.1, 0.15) is 18.0 Å². The molecule has 0 spiro atoms. The fraction of sp³-hybridized carbons (Fsp3) is 0.481. The molecule has 2 atom stereocenters. The van der Waals surface area contributed by atoms with Crippen LogP contribution in [0, 0.1) is 11.7 Å². The molecule has 0 radical (unpaired) electrons. The minimum absolute atomic E-state index is 0.0451. The van der Waals surface area contributed by atoms with E-state index in [1.165, 1.54) is 44.4 Å². The second kappa shape index (κ2) is 11.2. The van der Waals surface area contributed by atoms with Crippen molar-refractivity contribution in [2.75, 3.05) is 51.8 Å². The highest BCUT2D eigenvalue weighted by atomic mass is 35.5. The van der Waals surface area contributed by atoms with Gasteiger partial charge in [0.05, 0.1) is 24.3 Å². The van der Waals surface area contributed by atoms with Crippen molar-refractivity contribution in [2.45, 2.75) is 32.2 Å². The minimum atomic E-state index is -0.467. The van der Waals surface area contributed by atoms with Crippen molar-refractivity contribution in [3.8, 4) is 11.5 Å². The lowest BCUT2D eigenvalue weighted by molar-refractivity contribution is 0.130. The van der Waals surface area contributed by atoms with Crippen LogP contribution >= 0.6 is 11.6 Å². The van der Waals surface area contributed by atoms with E-state index in [1.807, 2.05) is 12.1 Å². The Morgan fingerprint density at radius 3 is 2.86 bits per heavy atom. The lowest BCUT2D eigenvalue weighted by Crippen LogP contribution is -2.44. The molecule has 0 bridgehead atoms. The SMILES string of the molecule is CCN1CCCC2CN(CCCOc3cc4c(Nc5ccc(F)c(Cl)c5)ncnc4cc3OC)CC21. The fourth-order valence-electron chi connectivity index (χ4n) is 5.55. The van der Waals surface area contributed by atoms with Crippen molar-refractivity contribution in [1.29, 1.82) is 0 Å². The number of anilines is 2. The van der Waals surface area contributed by atoms with Gasteiger partial charge in [-0.25, -0.2) is 14.4 Å². The maximum atomic E-state index is 13.6. The predicted octanol–water partition coefficient (Wildman–Crippen LogP) is 5.36. The molecule has 1 N–H and O–H groups in total. The number of methoxy groups -OCH3 is 1. The third-order valence-corrected chi connectivity index (χ3v) is 7.65. The van der Waals surface area contributed by atoms with Crippen LogP contribution in [0.4, 0.5) is 15.9 Å². The number of hydrogen-bond acceptors (Lipinski definition) is 7. The standard InChI is InChI=1S/C27H33ClFN5O2/c1-3-34-10-4-6-18-15-33(16-24(18)34)9-5-11-36-26-13-20-23(14-25(26)35-2)30-17-31-27(20)32-19-7-8-22(29)21(28)12-19/h7-8,12-14,17-18,24H,3-6,9-11,15-16H2,1-2H3,(H,30,31,32). The molecule has 2 unspecified atom stereocenters. The number of ether oxygens (including phenoxy) is 2. The zero-order valence-corrected chi connectivity index (χ0v) is 21.6. The van der Waals surface area contributed by atoms with Gasteiger partial charge in [0.25, 0.3) is 0 Å². The van der Waals surface area contributed by atoms with E-state index in [-0.39, 0.29) is 5.02 Å². The van der Waals surface area contributed by atoms with Crippen molar-refractivity contribution in [2.24, 2.45) is 5.92 Å². The average molecular weight is 514 g/mol. The predicted molar refractivity (Wildman–Crippen MR) is 141 cm³/mol. The molecule has 3 aromatic rings. The Bertz CT molecular complexity index is 1210. The number of hydrogen-bond donors (Lipinski definition) is 1. The summed E-state index contributed by atoms with van der Waals surface area (Å²) in [5.41, 5.74) is 1.34. The molecular weight excluding hydrogens is 481 g/mol. The molecule has 9 heteroatoms. The number of nitrogens with one attached hydrogen (secondary N) is 1. The summed E-state index contributed by atoms with van der Waals surface area (Å²) in [4.78, 5) is 14.0. The van der Waals surface area contributed by atoms with Gasteiger partial charge in [-0.2, -0.15) is 0 Å². The first kappa shape index (κ1) is 25.0. The second-order valence-corrected chi connectivity index (χ2v) is 9.96. The molecule has 0 amide bonds. The summed E-state index contributed by atoms with van der Waals surface area (Å²) in [6, 6.07) is 8.92. The number of halogens is 2. The normalized spacial score (nSPS) is 20.4. The average Bonchev–Trinajstić information content (AvgIpc) is 3.31. The van der Waals surface area contributed by atoms with Crippen LogP contribution in [0.1, 0.15) is 26.2 Å². The molecule has 7 nitrogen and oxygen atoms in total. The van der Waals surface area contributed by atoms with E-state index in [9.17, 15) is 4.39 Å². The number of aromatic nitrogens is 2. The topological polar surface area (TPSA) is 62.8 Å². The van der Waals surface area contributed by atoms with Crippen LogP contribution in [-0.4, -0.2) is 72.3 Å². The van der Waals surface area contributed by atoms with Crippen molar-refractivity contribution in [3.05, 3.63) is 47.5 Å². The monoisotopic (exact) mass is 513 g/mol. The highest BCUT2D eigenvalue weighted by Gasteiger charge is 2.37. The van der Waals surface area contributed by atoms with E-state index in [2.05, 4.69) is 32.0 Å². The number of likely N-dealkylation sites (tertiary alicyclic amines) is 2. The minimum Gasteiger partial charge on any atom is -0.493 e. The molecule has 2 saturated heterocycles. The first-order valence-electron chi connectivity index (χ1n) is 12.7. The van der Waals surface area contributed by atoms with E-state index in [4.69, 9.17) is 21.1 Å². The van der Waals surface area contributed by atoms with Gasteiger partial charge in [-0.1, -0.05) is 18.5 Å². The zero-order valence-electron chi connectivity index (χ0n) is 20.8. The molecule has 2 aliphatic rings. The van der Waals surface area contributed by atoms with Crippen LogP contribution in [0.25, 0.3) is 10.9 Å². The Morgan fingerprint density at radius 1 is 1.17 bits per heavy atom. The van der Waals surface area contributed by atoms with Crippen LogP contribution in [0.15, 0.2) is 36.7 Å². The third-order valence-electron chi connectivity index (χ3n) is 7.36. The summed E-state index contributed by atoms with van der Waals surface area (Å²) in [7, 11) is 1.63. The van der Waals surface area contributed by atoms with Gasteiger partial charge in [0, 0.05) is 42.8 Å². The van der Waals surface area contributed by atoms with Crippen molar-refractivity contribution in [1.82, 2.24) is 19.8 Å². The smallest absolute Gasteiger partial charge is 0.162 e. The van der Waals surface area contributed by atoms with Gasteiger partial charge in [0.15, 0.2) is 11.5 Å². The van der Waals surface area contributed by atoms with Crippen LogP contribution < -0.4 is 14.8 Å². The van der Waals surface area contributed by atoms with E-state index in [0.29, 0.717) is 41.2 Å². The summed E-state index contributed by atoms with van der Waals surface area (Å²) in [5.74, 6) is 2.19. The Hall–Kier alpha value is -2.68. The summed E-state index contributed by atoms with van der Waals surface area (Å²) in [6.07, 6.45) is 5.09. The molecule has 2 fully saturated rings. The molecule has 0 saturated carbocycles. The molecular formula is C27H33ClFN5O2. The van der Waals surface area contributed by atoms with Crippen LogP contribution in [0.3, 0.4) is 0 Å². The fourth-order valence-corrected chi connectivity index (χ4v) is 5.73. The van der Waals surface area contributed by atoms with Gasteiger partial charge in [-0.05, 0) is 62.5 Å². The summed E-state index contributed by atoms with van der Waals surface area (Å²) >= 11 is 5.94. The lowest BCUT2D eigenvalue weighted by atomic mass is 9.92. The van der Waals surface area contributed by atoms with Gasteiger partial charge in [-0.15, -0.1) is 0 Å². The van der Waals surface area contributed by atoms with Crippen LogP contribution in [0.5, 0.6) is 11.5 Å². The molecule has 2 aliphatic heterocycles. The van der Waals surface area contributed by atoms with Gasteiger partial charge >= 0.3 is 0 Å². The Balaban J connectivity index is 1.25. The highest BCUT2D eigenvalue weighted by molar-refractivity contribution is 6.31. The maximum Gasteiger partial charge on any atom is 0.162 e. The van der Waals surface area contributed by atoms with E-state index >= 15 is 0 Å². The second-order valence-electron chi connectivity index (χ2n) is 9.56. The number of benzene rings is 2. The summed E-state index contributed by atoms with van der Waals surface area (Å²) in [5, 5.41) is 4.03. The molecule has 0 aliphatic carbocycles. The number of likely N-dealkylation sites (N-methyl/N-ethyl adjacent to an activating group) is 1. The first-order chi connectivity index (χ1) is 17.6. The van der Waals surface area contributed by atoms with Gasteiger partial charge < -0.3 is 19.7 Å². The lowest BCUT2D eigenvalue weighted by Gasteiger charge is -2.36. The van der Waals surface area contributed by atoms with Crippen molar-refractivity contribution < 1.29 is 13.9 Å². The van der Waals surface area contributed by atoms with Crippen molar-refractivity contribution >= 4 is 34.0 Å². The molecule has 3 heterocycles. The Labute approximate surface area is 216 Å². The quantitative estimate of drug-likeness (QED) is 0.386. The molecule has 192 valence electrons. The van der Waals surface area contributed by atoms with Gasteiger partial charge in [-0.3, -0.25) is 4.90 Å². The van der Waals surface area contributed by atoms with E-state index < -0.39 is 5.82 Å². The highest BCUT2D eigenvalue weighted by Crippen LogP contribution is 2.35. The van der Waals surface area contributed by atoms with E-state index in [1.54, 1.807) is 13.2 Å². The molecule has 1 aromatic heterocycles. The largest absolute Gasteiger partial charge is 0.493 e. The van der Waals surface area contributed by atoms with Crippen LogP contribution in [0.2, 0.25) is 5.02 Å². The zero-order chi connectivity index (χ0) is 25.1.